The van der Waals surface area contributed by atoms with E-state index in [1.54, 1.807) is 18.3 Å². The monoisotopic (exact) mass is 363 g/mol. The molecule has 2 aromatic heterocycles. The van der Waals surface area contributed by atoms with Crippen molar-refractivity contribution in [2.75, 3.05) is 0 Å². The van der Waals surface area contributed by atoms with Crippen LogP contribution in [0.4, 0.5) is 0 Å². The van der Waals surface area contributed by atoms with Crippen LogP contribution in [0.15, 0.2) is 76.4 Å². The van der Waals surface area contributed by atoms with E-state index < -0.39 is 11.2 Å². The summed E-state index contributed by atoms with van der Waals surface area (Å²) >= 11 is 6.31. The number of aromatic nitrogens is 3. The van der Waals surface area contributed by atoms with E-state index in [-0.39, 0.29) is 0 Å². The van der Waals surface area contributed by atoms with Crippen molar-refractivity contribution in [2.45, 2.75) is 6.54 Å². The standard InChI is InChI=1S/C20H14ClN3O2/c21-16-9-5-4-8-14(16)15-10-11-22-18-17(15)19(25)23-20(26)24(18)12-13-6-2-1-3-7-13/h1-11H,12H2,(H,23,25,26). The van der Waals surface area contributed by atoms with E-state index in [0.29, 0.717) is 28.2 Å². The second kappa shape index (κ2) is 6.61. The molecule has 26 heavy (non-hydrogen) atoms. The van der Waals surface area contributed by atoms with Gasteiger partial charge in [-0.05, 0) is 17.7 Å². The van der Waals surface area contributed by atoms with Crippen LogP contribution >= 0.6 is 11.6 Å². The lowest BCUT2D eigenvalue weighted by atomic mass is 10.0. The topological polar surface area (TPSA) is 67.8 Å². The lowest BCUT2D eigenvalue weighted by Crippen LogP contribution is -2.31. The Hall–Kier alpha value is -3.18. The van der Waals surface area contributed by atoms with Crippen LogP contribution in [0.5, 0.6) is 0 Å². The summed E-state index contributed by atoms with van der Waals surface area (Å²) in [5, 5.41) is 0.872. The average molecular weight is 364 g/mol. The van der Waals surface area contributed by atoms with Gasteiger partial charge < -0.3 is 0 Å². The SMILES string of the molecule is O=c1[nH]c(=O)n(Cc2ccccc2)c2nccc(-c3ccccc3Cl)c12. The molecule has 6 heteroatoms. The zero-order valence-electron chi connectivity index (χ0n) is 13.6. The largest absolute Gasteiger partial charge is 0.330 e. The van der Waals surface area contributed by atoms with Crippen molar-refractivity contribution in [2.24, 2.45) is 0 Å². The molecule has 0 aliphatic carbocycles. The number of aromatic amines is 1. The first-order valence-electron chi connectivity index (χ1n) is 8.06. The van der Waals surface area contributed by atoms with Gasteiger partial charge in [-0.2, -0.15) is 0 Å². The molecule has 2 heterocycles. The molecule has 128 valence electrons. The first kappa shape index (κ1) is 16.3. The van der Waals surface area contributed by atoms with Gasteiger partial charge >= 0.3 is 5.69 Å². The molecule has 1 N–H and O–H groups in total. The van der Waals surface area contributed by atoms with Crippen LogP contribution in [0, 0.1) is 0 Å². The molecule has 0 aliphatic heterocycles. The molecule has 0 saturated heterocycles. The third-order valence-electron chi connectivity index (χ3n) is 4.23. The molecule has 4 aromatic rings. The molecule has 0 fully saturated rings. The Bertz CT molecular complexity index is 1210. The molecular formula is C20H14ClN3O2. The van der Waals surface area contributed by atoms with Gasteiger partial charge in [0, 0.05) is 22.3 Å². The smallest absolute Gasteiger partial charge is 0.273 e. The minimum Gasteiger partial charge on any atom is -0.273 e. The van der Waals surface area contributed by atoms with Gasteiger partial charge in [-0.15, -0.1) is 0 Å². The maximum atomic E-state index is 12.6. The zero-order valence-corrected chi connectivity index (χ0v) is 14.4. The van der Waals surface area contributed by atoms with E-state index >= 15 is 0 Å². The fourth-order valence-corrected chi connectivity index (χ4v) is 3.26. The van der Waals surface area contributed by atoms with Crippen molar-refractivity contribution in [3.8, 4) is 11.1 Å². The van der Waals surface area contributed by atoms with Gasteiger partial charge in [0.15, 0.2) is 0 Å². The van der Waals surface area contributed by atoms with Crippen LogP contribution in [0.2, 0.25) is 5.02 Å². The Morgan fingerprint density at radius 2 is 1.65 bits per heavy atom. The summed E-state index contributed by atoms with van der Waals surface area (Å²) in [5.74, 6) is 0. The highest BCUT2D eigenvalue weighted by atomic mass is 35.5. The van der Waals surface area contributed by atoms with Gasteiger partial charge in [0.25, 0.3) is 5.56 Å². The number of fused-ring (bicyclic) bond motifs is 1. The van der Waals surface area contributed by atoms with Crippen molar-refractivity contribution in [3.05, 3.63) is 98.3 Å². The molecule has 0 atom stereocenters. The predicted molar refractivity (Wildman–Crippen MR) is 103 cm³/mol. The van der Waals surface area contributed by atoms with Gasteiger partial charge in [0.05, 0.1) is 11.9 Å². The van der Waals surface area contributed by atoms with Crippen molar-refractivity contribution in [1.29, 1.82) is 0 Å². The summed E-state index contributed by atoms with van der Waals surface area (Å²) < 4.78 is 1.46. The third kappa shape index (κ3) is 2.82. The summed E-state index contributed by atoms with van der Waals surface area (Å²) in [6.07, 6.45) is 1.58. The normalized spacial score (nSPS) is 11.0. The van der Waals surface area contributed by atoms with Crippen LogP contribution in [-0.4, -0.2) is 14.5 Å². The molecule has 2 aromatic carbocycles. The fourth-order valence-electron chi connectivity index (χ4n) is 3.02. The number of benzene rings is 2. The van der Waals surface area contributed by atoms with E-state index in [4.69, 9.17) is 11.6 Å². The summed E-state index contributed by atoms with van der Waals surface area (Å²) in [6.45, 7) is 0.311. The first-order valence-corrected chi connectivity index (χ1v) is 8.43. The summed E-state index contributed by atoms with van der Waals surface area (Å²) in [5.41, 5.74) is 1.67. The lowest BCUT2D eigenvalue weighted by molar-refractivity contribution is 0.746. The van der Waals surface area contributed by atoms with Crippen LogP contribution in [0.1, 0.15) is 5.56 Å². The number of pyridine rings is 1. The van der Waals surface area contributed by atoms with Gasteiger partial charge in [-0.1, -0.05) is 60.1 Å². The Morgan fingerprint density at radius 1 is 0.923 bits per heavy atom. The maximum absolute atomic E-state index is 12.6. The number of rotatable bonds is 3. The molecule has 0 amide bonds. The number of hydrogen-bond donors (Lipinski definition) is 1. The number of hydrogen-bond acceptors (Lipinski definition) is 3. The van der Waals surface area contributed by atoms with E-state index in [2.05, 4.69) is 9.97 Å². The molecular weight excluding hydrogens is 350 g/mol. The Morgan fingerprint density at radius 3 is 2.42 bits per heavy atom. The van der Waals surface area contributed by atoms with Gasteiger partial charge in [0.2, 0.25) is 0 Å². The van der Waals surface area contributed by atoms with Gasteiger partial charge in [0.1, 0.15) is 5.65 Å². The molecule has 0 radical (unpaired) electrons. The highest BCUT2D eigenvalue weighted by molar-refractivity contribution is 6.33. The summed E-state index contributed by atoms with van der Waals surface area (Å²) in [7, 11) is 0. The number of H-pyrrole nitrogens is 1. The lowest BCUT2D eigenvalue weighted by Gasteiger charge is -2.12. The van der Waals surface area contributed by atoms with Gasteiger partial charge in [-0.3, -0.25) is 14.3 Å². The Labute approximate surface area is 153 Å². The van der Waals surface area contributed by atoms with Crippen molar-refractivity contribution in [3.63, 3.8) is 0 Å². The van der Waals surface area contributed by atoms with Crippen LogP contribution in [-0.2, 0) is 6.54 Å². The second-order valence-electron chi connectivity index (χ2n) is 5.87. The summed E-state index contributed by atoms with van der Waals surface area (Å²) in [4.78, 5) is 31.7. The Balaban J connectivity index is 2.01. The highest BCUT2D eigenvalue weighted by Gasteiger charge is 2.15. The van der Waals surface area contributed by atoms with Crippen molar-refractivity contribution < 1.29 is 0 Å². The molecule has 0 saturated carbocycles. The average Bonchev–Trinajstić information content (AvgIpc) is 2.66. The molecule has 5 nitrogen and oxygen atoms in total. The molecule has 0 spiro atoms. The minimum absolute atomic E-state index is 0.311. The van der Waals surface area contributed by atoms with E-state index in [0.717, 1.165) is 11.1 Å². The number of halogens is 1. The van der Waals surface area contributed by atoms with Crippen LogP contribution in [0.3, 0.4) is 0 Å². The quantitative estimate of drug-likeness (QED) is 0.606. The molecule has 4 rings (SSSR count). The molecule has 0 aliphatic rings. The van der Waals surface area contributed by atoms with Crippen molar-refractivity contribution >= 4 is 22.6 Å². The van der Waals surface area contributed by atoms with E-state index in [9.17, 15) is 9.59 Å². The Kier molecular flexibility index (Phi) is 4.14. The van der Waals surface area contributed by atoms with E-state index in [1.807, 2.05) is 48.5 Å². The van der Waals surface area contributed by atoms with E-state index in [1.165, 1.54) is 4.57 Å². The first-order chi connectivity index (χ1) is 12.6. The zero-order chi connectivity index (χ0) is 18.1. The molecule has 0 bridgehead atoms. The third-order valence-corrected chi connectivity index (χ3v) is 4.56. The summed E-state index contributed by atoms with van der Waals surface area (Å²) in [6, 6.07) is 18.5. The van der Waals surface area contributed by atoms with Crippen LogP contribution < -0.4 is 11.2 Å². The number of nitrogens with zero attached hydrogens (tertiary/aromatic N) is 2. The number of nitrogens with one attached hydrogen (secondary N) is 1. The molecule has 0 unspecified atom stereocenters. The second-order valence-corrected chi connectivity index (χ2v) is 6.28. The maximum Gasteiger partial charge on any atom is 0.330 e. The van der Waals surface area contributed by atoms with Crippen LogP contribution in [0.25, 0.3) is 22.2 Å². The van der Waals surface area contributed by atoms with Crippen molar-refractivity contribution in [1.82, 2.24) is 14.5 Å². The highest BCUT2D eigenvalue weighted by Crippen LogP contribution is 2.30. The minimum atomic E-state index is -0.491. The van der Waals surface area contributed by atoms with Gasteiger partial charge in [-0.25, -0.2) is 9.78 Å². The fraction of sp³-hybridized carbons (Fsp3) is 0.0500. The predicted octanol–water partition coefficient (Wildman–Crippen LogP) is 3.45.